The SMILES string of the molecule is O=C(Nc1ccc(SN2CCC(c3ccn4ncc(C(=O)N5CCCC5)c4c3)CC2)cc1)C1CCCCC1. The van der Waals surface area contributed by atoms with Crippen molar-refractivity contribution in [2.45, 2.75) is 68.6 Å². The second-order valence-corrected chi connectivity index (χ2v) is 12.2. The lowest BCUT2D eigenvalue weighted by atomic mass is 9.88. The number of nitrogens with zero attached hydrogens (tertiary/aromatic N) is 4. The molecule has 1 saturated carbocycles. The summed E-state index contributed by atoms with van der Waals surface area (Å²) < 4.78 is 4.27. The quantitative estimate of drug-likeness (QED) is 0.397. The summed E-state index contributed by atoms with van der Waals surface area (Å²) in [6.45, 7) is 3.73. The van der Waals surface area contributed by atoms with Gasteiger partial charge in [-0.3, -0.25) is 9.59 Å². The van der Waals surface area contributed by atoms with Gasteiger partial charge in [-0.15, -0.1) is 0 Å². The van der Waals surface area contributed by atoms with Crippen molar-refractivity contribution in [1.29, 1.82) is 0 Å². The van der Waals surface area contributed by atoms with Gasteiger partial charge in [0.1, 0.15) is 0 Å². The van der Waals surface area contributed by atoms with E-state index >= 15 is 0 Å². The van der Waals surface area contributed by atoms with E-state index in [0.29, 0.717) is 5.92 Å². The monoisotopic (exact) mass is 531 g/mol. The third kappa shape index (κ3) is 5.61. The third-order valence-electron chi connectivity index (χ3n) is 8.43. The Morgan fingerprint density at radius 3 is 2.34 bits per heavy atom. The lowest BCUT2D eigenvalue weighted by molar-refractivity contribution is -0.120. The predicted octanol–water partition coefficient (Wildman–Crippen LogP) is 5.98. The number of rotatable bonds is 6. The van der Waals surface area contributed by atoms with E-state index in [0.717, 1.165) is 81.5 Å². The molecule has 0 radical (unpaired) electrons. The summed E-state index contributed by atoms with van der Waals surface area (Å²) in [5, 5.41) is 7.55. The van der Waals surface area contributed by atoms with E-state index in [4.69, 9.17) is 0 Å². The number of fused-ring (bicyclic) bond motifs is 1. The molecule has 6 rings (SSSR count). The Hall–Kier alpha value is -2.84. The van der Waals surface area contributed by atoms with Crippen molar-refractivity contribution in [3.05, 3.63) is 59.9 Å². The number of likely N-dealkylation sites (tertiary alicyclic amines) is 1. The minimum atomic E-state index is 0.112. The van der Waals surface area contributed by atoms with E-state index in [9.17, 15) is 9.59 Å². The van der Waals surface area contributed by atoms with Gasteiger partial charge < -0.3 is 10.2 Å². The number of pyridine rings is 1. The molecule has 200 valence electrons. The molecular formula is C30H37N5O2S. The van der Waals surface area contributed by atoms with Crippen molar-refractivity contribution in [2.75, 3.05) is 31.5 Å². The number of carbonyl (C=O) groups excluding carboxylic acids is 2. The minimum Gasteiger partial charge on any atom is -0.339 e. The molecule has 0 spiro atoms. The summed E-state index contributed by atoms with van der Waals surface area (Å²) in [4.78, 5) is 28.7. The lowest BCUT2D eigenvalue weighted by Crippen LogP contribution is -2.28. The number of piperidine rings is 1. The smallest absolute Gasteiger partial charge is 0.257 e. The van der Waals surface area contributed by atoms with Gasteiger partial charge in [0.15, 0.2) is 0 Å². The highest BCUT2D eigenvalue weighted by Gasteiger charge is 2.25. The molecule has 7 nitrogen and oxygen atoms in total. The third-order valence-corrected chi connectivity index (χ3v) is 9.53. The standard InChI is InChI=1S/C30H37N5O2S/c36-29(23-6-2-1-3-7-23)32-25-8-10-26(11-9-25)38-34-17-12-22(13-18-34)24-14-19-35-28(20-24)27(21-31-35)30(37)33-15-4-5-16-33/h8-11,14,19-23H,1-7,12-13,15-18H2,(H,32,36). The summed E-state index contributed by atoms with van der Waals surface area (Å²) in [5.74, 6) is 0.944. The Bertz CT molecular complexity index is 1270. The van der Waals surface area contributed by atoms with Crippen LogP contribution in [0.15, 0.2) is 53.7 Å². The summed E-state index contributed by atoms with van der Waals surface area (Å²) in [6.07, 6.45) is 13.7. The molecule has 1 aromatic carbocycles. The maximum Gasteiger partial charge on any atom is 0.257 e. The Balaban J connectivity index is 1.03. The van der Waals surface area contributed by atoms with Gasteiger partial charge >= 0.3 is 0 Å². The van der Waals surface area contributed by atoms with E-state index in [1.165, 1.54) is 29.7 Å². The Morgan fingerprint density at radius 2 is 1.61 bits per heavy atom. The summed E-state index contributed by atoms with van der Waals surface area (Å²) in [7, 11) is 0. The van der Waals surface area contributed by atoms with Gasteiger partial charge in [0.25, 0.3) is 5.91 Å². The minimum absolute atomic E-state index is 0.112. The molecule has 3 aromatic rings. The highest BCUT2D eigenvalue weighted by atomic mass is 32.2. The second kappa shape index (κ2) is 11.5. The first-order valence-corrected chi connectivity index (χ1v) is 15.0. The highest BCUT2D eigenvalue weighted by Crippen LogP contribution is 2.34. The van der Waals surface area contributed by atoms with E-state index < -0.39 is 0 Å². The topological polar surface area (TPSA) is 70.0 Å². The molecule has 0 unspecified atom stereocenters. The molecule has 3 fully saturated rings. The number of aromatic nitrogens is 2. The van der Waals surface area contributed by atoms with E-state index in [1.54, 1.807) is 18.1 Å². The van der Waals surface area contributed by atoms with Gasteiger partial charge in [0.2, 0.25) is 5.91 Å². The van der Waals surface area contributed by atoms with Crippen molar-refractivity contribution in [2.24, 2.45) is 5.92 Å². The zero-order valence-electron chi connectivity index (χ0n) is 22.0. The first-order chi connectivity index (χ1) is 18.6. The van der Waals surface area contributed by atoms with Crippen LogP contribution in [-0.2, 0) is 4.79 Å². The van der Waals surface area contributed by atoms with Crippen LogP contribution < -0.4 is 5.32 Å². The molecule has 38 heavy (non-hydrogen) atoms. The van der Waals surface area contributed by atoms with Crippen molar-refractivity contribution in [3.63, 3.8) is 0 Å². The van der Waals surface area contributed by atoms with Crippen molar-refractivity contribution in [3.8, 4) is 0 Å². The van der Waals surface area contributed by atoms with Gasteiger partial charge in [-0.25, -0.2) is 8.82 Å². The fourth-order valence-corrected chi connectivity index (χ4v) is 7.09. The summed E-state index contributed by atoms with van der Waals surface area (Å²) in [6, 6.07) is 12.6. The van der Waals surface area contributed by atoms with Gasteiger partial charge in [0.05, 0.1) is 17.3 Å². The van der Waals surface area contributed by atoms with Crippen LogP contribution in [0.25, 0.3) is 5.52 Å². The number of carbonyl (C=O) groups is 2. The van der Waals surface area contributed by atoms with Crippen LogP contribution in [0.4, 0.5) is 5.69 Å². The summed E-state index contributed by atoms with van der Waals surface area (Å²) >= 11 is 1.80. The van der Waals surface area contributed by atoms with Gasteiger partial charge in [-0.2, -0.15) is 5.10 Å². The Kier molecular flexibility index (Phi) is 7.70. The number of amides is 2. The lowest BCUT2D eigenvalue weighted by Gasteiger charge is -2.31. The largest absolute Gasteiger partial charge is 0.339 e. The summed E-state index contributed by atoms with van der Waals surface area (Å²) in [5.41, 5.74) is 3.84. The molecule has 2 aromatic heterocycles. The Labute approximate surface area is 229 Å². The molecule has 1 aliphatic carbocycles. The number of hydrogen-bond acceptors (Lipinski definition) is 5. The predicted molar refractivity (Wildman–Crippen MR) is 151 cm³/mol. The second-order valence-electron chi connectivity index (χ2n) is 11.0. The average Bonchev–Trinajstić information content (AvgIpc) is 3.65. The van der Waals surface area contributed by atoms with E-state index in [1.807, 2.05) is 27.7 Å². The molecule has 1 N–H and O–H groups in total. The van der Waals surface area contributed by atoms with Crippen LogP contribution >= 0.6 is 11.9 Å². The van der Waals surface area contributed by atoms with E-state index in [-0.39, 0.29) is 17.7 Å². The van der Waals surface area contributed by atoms with Crippen molar-refractivity contribution >= 4 is 35.0 Å². The molecule has 3 aliphatic rings. The fraction of sp³-hybridized carbons (Fsp3) is 0.500. The van der Waals surface area contributed by atoms with Gasteiger partial charge in [0, 0.05) is 48.9 Å². The van der Waals surface area contributed by atoms with Crippen LogP contribution in [0.2, 0.25) is 0 Å². The number of anilines is 1. The molecular weight excluding hydrogens is 494 g/mol. The number of benzene rings is 1. The molecule has 2 amide bonds. The number of hydrogen-bond donors (Lipinski definition) is 1. The molecule has 0 atom stereocenters. The molecule has 2 saturated heterocycles. The maximum absolute atomic E-state index is 13.0. The Morgan fingerprint density at radius 1 is 0.868 bits per heavy atom. The first kappa shape index (κ1) is 25.4. The van der Waals surface area contributed by atoms with Crippen LogP contribution in [0.1, 0.15) is 79.6 Å². The molecule has 8 heteroatoms. The van der Waals surface area contributed by atoms with Crippen LogP contribution in [0.5, 0.6) is 0 Å². The van der Waals surface area contributed by atoms with E-state index in [2.05, 4.69) is 39.0 Å². The molecule has 0 bridgehead atoms. The van der Waals surface area contributed by atoms with Crippen LogP contribution in [-0.4, -0.2) is 56.8 Å². The van der Waals surface area contributed by atoms with Crippen LogP contribution in [0.3, 0.4) is 0 Å². The normalized spacial score (nSPS) is 19.7. The molecule has 2 aliphatic heterocycles. The first-order valence-electron chi connectivity index (χ1n) is 14.2. The van der Waals surface area contributed by atoms with Gasteiger partial charge in [-0.05, 0) is 98.4 Å². The zero-order chi connectivity index (χ0) is 25.9. The number of nitrogens with one attached hydrogen (secondary N) is 1. The highest BCUT2D eigenvalue weighted by molar-refractivity contribution is 7.97. The van der Waals surface area contributed by atoms with Crippen molar-refractivity contribution < 1.29 is 9.59 Å². The molecule has 4 heterocycles. The average molecular weight is 532 g/mol. The van der Waals surface area contributed by atoms with Crippen LogP contribution in [0, 0.1) is 5.92 Å². The van der Waals surface area contributed by atoms with Crippen molar-refractivity contribution in [1.82, 2.24) is 18.8 Å². The maximum atomic E-state index is 13.0. The zero-order valence-corrected chi connectivity index (χ0v) is 22.8. The van der Waals surface area contributed by atoms with Gasteiger partial charge in [-0.1, -0.05) is 19.3 Å². The fourth-order valence-electron chi connectivity index (χ4n) is 6.14.